The number of nitrogens with one attached hydrogen (secondary N) is 1. The highest BCUT2D eigenvalue weighted by atomic mass is 32.2. The van der Waals surface area contributed by atoms with Crippen molar-refractivity contribution in [3.05, 3.63) is 60.2 Å². The van der Waals surface area contributed by atoms with Gasteiger partial charge in [-0.15, -0.1) is 5.10 Å². The maximum absolute atomic E-state index is 12.7. The number of carbonyl (C=O) groups excluding carboxylic acids is 2. The molecule has 1 aliphatic heterocycles. The zero-order valence-corrected chi connectivity index (χ0v) is 14.9. The Bertz CT molecular complexity index is 970. The summed E-state index contributed by atoms with van der Waals surface area (Å²) < 4.78 is 0. The van der Waals surface area contributed by atoms with Gasteiger partial charge in [-0.2, -0.15) is 0 Å². The highest BCUT2D eigenvalue weighted by molar-refractivity contribution is 8.00. The quantitative estimate of drug-likeness (QED) is 0.719. The highest BCUT2D eigenvalue weighted by Gasteiger charge is 2.40. The Labute approximate surface area is 154 Å². The van der Waals surface area contributed by atoms with E-state index < -0.39 is 5.25 Å². The normalized spacial score (nSPS) is 17.1. The minimum atomic E-state index is -0.512. The zero-order valence-electron chi connectivity index (χ0n) is 14.0. The van der Waals surface area contributed by atoms with Crippen LogP contribution in [0, 0.1) is 6.92 Å². The van der Waals surface area contributed by atoms with Crippen LogP contribution >= 0.6 is 11.8 Å². The molecule has 130 valence electrons. The van der Waals surface area contributed by atoms with Crippen molar-refractivity contribution in [2.24, 2.45) is 0 Å². The predicted octanol–water partition coefficient (Wildman–Crippen LogP) is 3.20. The van der Waals surface area contributed by atoms with Gasteiger partial charge in [-0.05, 0) is 24.6 Å². The summed E-state index contributed by atoms with van der Waals surface area (Å²) in [5.74, 6) is 0.217. The lowest BCUT2D eigenvalue weighted by Crippen LogP contribution is -2.31. The lowest BCUT2D eigenvalue weighted by atomic mass is 10.2. The number of thioether (sulfide) groups is 1. The van der Waals surface area contributed by atoms with Gasteiger partial charge in [0.15, 0.2) is 5.82 Å². The fraction of sp³-hybridized carbons (Fsp3) is 0.158. The van der Waals surface area contributed by atoms with Crippen LogP contribution in [0.25, 0.3) is 11.4 Å². The molecule has 4 rings (SSSR count). The number of H-pyrrole nitrogens is 1. The van der Waals surface area contributed by atoms with Crippen LogP contribution in [-0.4, -0.2) is 32.2 Å². The Balaban J connectivity index is 1.52. The smallest absolute Gasteiger partial charge is 0.247 e. The molecule has 0 saturated carbocycles. The summed E-state index contributed by atoms with van der Waals surface area (Å²) in [5.41, 5.74) is 2.53. The first-order valence-electron chi connectivity index (χ1n) is 8.20. The van der Waals surface area contributed by atoms with E-state index in [2.05, 4.69) is 15.2 Å². The first-order valence-corrected chi connectivity index (χ1v) is 9.08. The van der Waals surface area contributed by atoms with E-state index in [1.807, 2.05) is 55.5 Å². The van der Waals surface area contributed by atoms with E-state index in [1.54, 1.807) is 6.07 Å². The van der Waals surface area contributed by atoms with Crippen LogP contribution in [0.2, 0.25) is 0 Å². The molecule has 1 fully saturated rings. The van der Waals surface area contributed by atoms with Crippen molar-refractivity contribution >= 4 is 29.3 Å². The number of benzene rings is 2. The van der Waals surface area contributed by atoms with E-state index in [1.165, 1.54) is 16.7 Å². The maximum Gasteiger partial charge on any atom is 0.247 e. The van der Waals surface area contributed by atoms with Gasteiger partial charge in [-0.1, -0.05) is 54.2 Å². The Kier molecular flexibility index (Phi) is 4.30. The van der Waals surface area contributed by atoms with Crippen LogP contribution in [0.15, 0.2) is 59.8 Å². The van der Waals surface area contributed by atoms with E-state index in [0.29, 0.717) is 16.7 Å². The van der Waals surface area contributed by atoms with Crippen LogP contribution in [0.1, 0.15) is 12.0 Å². The first-order chi connectivity index (χ1) is 12.6. The molecule has 26 heavy (non-hydrogen) atoms. The summed E-state index contributed by atoms with van der Waals surface area (Å²) in [4.78, 5) is 30.8. The molecule has 0 unspecified atom stereocenters. The van der Waals surface area contributed by atoms with Crippen molar-refractivity contribution in [1.29, 1.82) is 0 Å². The number of aryl methyl sites for hydroxylation is 1. The third-order valence-corrected chi connectivity index (χ3v) is 5.17. The van der Waals surface area contributed by atoms with Crippen molar-refractivity contribution in [2.75, 3.05) is 4.90 Å². The molecule has 1 saturated heterocycles. The largest absolute Gasteiger partial charge is 0.274 e. The van der Waals surface area contributed by atoms with E-state index in [-0.39, 0.29) is 18.2 Å². The molecular formula is C19H16N4O2S. The lowest BCUT2D eigenvalue weighted by Gasteiger charge is -2.15. The molecule has 6 nitrogen and oxygen atoms in total. The molecule has 0 radical (unpaired) electrons. The molecule has 0 spiro atoms. The van der Waals surface area contributed by atoms with Crippen LogP contribution in [0.4, 0.5) is 5.69 Å². The Morgan fingerprint density at radius 3 is 2.69 bits per heavy atom. The van der Waals surface area contributed by atoms with Crippen LogP contribution in [0.3, 0.4) is 0 Å². The number of amides is 2. The molecule has 0 bridgehead atoms. The van der Waals surface area contributed by atoms with Gasteiger partial charge >= 0.3 is 0 Å². The summed E-state index contributed by atoms with van der Waals surface area (Å²) in [6, 6.07) is 17.0. The van der Waals surface area contributed by atoms with Crippen molar-refractivity contribution < 1.29 is 9.59 Å². The summed E-state index contributed by atoms with van der Waals surface area (Å²) in [7, 11) is 0. The molecule has 2 aromatic carbocycles. The number of aromatic nitrogens is 3. The Morgan fingerprint density at radius 1 is 1.12 bits per heavy atom. The molecule has 1 aliphatic rings. The van der Waals surface area contributed by atoms with E-state index >= 15 is 0 Å². The predicted molar refractivity (Wildman–Crippen MR) is 99.8 cm³/mol. The molecule has 1 N–H and O–H groups in total. The molecule has 3 aromatic rings. The summed E-state index contributed by atoms with van der Waals surface area (Å²) in [6.07, 6.45) is 0.145. The number of hydrogen-bond acceptors (Lipinski definition) is 5. The Morgan fingerprint density at radius 2 is 1.92 bits per heavy atom. The van der Waals surface area contributed by atoms with Crippen molar-refractivity contribution in [3.63, 3.8) is 0 Å². The fourth-order valence-corrected chi connectivity index (χ4v) is 3.81. The van der Waals surface area contributed by atoms with Gasteiger partial charge in [0, 0.05) is 12.0 Å². The number of hydrogen-bond donors (Lipinski definition) is 1. The molecule has 1 atom stereocenters. The Hall–Kier alpha value is -2.93. The standard InChI is InChI=1S/C19H16N4O2S/c1-12-6-5-9-14(10-12)23-16(24)11-15(18(23)25)26-19-20-17(21-22-19)13-7-3-2-4-8-13/h2-10,15H,11H2,1H3,(H,20,21,22)/t15-/m0/s1. The average molecular weight is 364 g/mol. The monoisotopic (exact) mass is 364 g/mol. The van der Waals surface area contributed by atoms with Crippen LogP contribution in [0.5, 0.6) is 0 Å². The number of rotatable bonds is 4. The number of nitrogens with zero attached hydrogens (tertiary/aromatic N) is 3. The fourth-order valence-electron chi connectivity index (χ4n) is 2.89. The summed E-state index contributed by atoms with van der Waals surface area (Å²) in [5, 5.41) is 7.00. The van der Waals surface area contributed by atoms with Gasteiger partial charge in [0.2, 0.25) is 17.0 Å². The SMILES string of the molecule is Cc1cccc(N2C(=O)C[C@H](Sc3n[nH]c(-c4ccccc4)n3)C2=O)c1. The second kappa shape index (κ2) is 6.76. The van der Waals surface area contributed by atoms with Crippen LogP contribution in [-0.2, 0) is 9.59 Å². The van der Waals surface area contributed by atoms with Gasteiger partial charge in [-0.3, -0.25) is 14.7 Å². The minimum Gasteiger partial charge on any atom is -0.274 e. The molecule has 7 heteroatoms. The summed E-state index contributed by atoms with van der Waals surface area (Å²) in [6.45, 7) is 1.93. The number of aromatic amines is 1. The van der Waals surface area contributed by atoms with Gasteiger partial charge < -0.3 is 0 Å². The highest BCUT2D eigenvalue weighted by Crippen LogP contribution is 2.33. The van der Waals surface area contributed by atoms with Crippen molar-refractivity contribution in [2.45, 2.75) is 23.8 Å². The third-order valence-electron chi connectivity index (χ3n) is 4.12. The molecule has 1 aromatic heterocycles. The van der Waals surface area contributed by atoms with Crippen molar-refractivity contribution in [1.82, 2.24) is 15.2 Å². The third kappa shape index (κ3) is 3.13. The minimum absolute atomic E-state index is 0.145. The van der Waals surface area contributed by atoms with Crippen molar-refractivity contribution in [3.8, 4) is 11.4 Å². The number of carbonyl (C=O) groups is 2. The van der Waals surface area contributed by atoms with Gasteiger partial charge in [0.1, 0.15) is 5.25 Å². The number of imide groups is 1. The number of anilines is 1. The molecule has 2 amide bonds. The first kappa shape index (κ1) is 16.5. The molecule has 0 aliphatic carbocycles. The van der Waals surface area contributed by atoms with E-state index in [0.717, 1.165) is 11.1 Å². The summed E-state index contributed by atoms with van der Waals surface area (Å²) >= 11 is 1.22. The lowest BCUT2D eigenvalue weighted by molar-refractivity contribution is -0.121. The second-order valence-electron chi connectivity index (χ2n) is 6.05. The van der Waals surface area contributed by atoms with Gasteiger partial charge in [0.05, 0.1) is 5.69 Å². The van der Waals surface area contributed by atoms with E-state index in [9.17, 15) is 9.59 Å². The van der Waals surface area contributed by atoms with Gasteiger partial charge in [0.25, 0.3) is 0 Å². The molecular weight excluding hydrogens is 348 g/mol. The zero-order chi connectivity index (χ0) is 18.1. The topological polar surface area (TPSA) is 79.0 Å². The van der Waals surface area contributed by atoms with Crippen LogP contribution < -0.4 is 4.90 Å². The second-order valence-corrected chi connectivity index (χ2v) is 7.22. The molecule has 2 heterocycles. The average Bonchev–Trinajstić information content (AvgIpc) is 3.21. The maximum atomic E-state index is 12.7. The van der Waals surface area contributed by atoms with E-state index in [4.69, 9.17) is 0 Å². The van der Waals surface area contributed by atoms with Gasteiger partial charge in [-0.25, -0.2) is 9.88 Å².